The van der Waals surface area contributed by atoms with E-state index in [1.807, 2.05) is 12.1 Å². The van der Waals surface area contributed by atoms with E-state index in [0.29, 0.717) is 23.5 Å². The summed E-state index contributed by atoms with van der Waals surface area (Å²) >= 11 is 5.60. The molecule has 2 aromatic rings. The van der Waals surface area contributed by atoms with Gasteiger partial charge < -0.3 is 15.5 Å². The first-order valence-corrected chi connectivity index (χ1v) is 13.1. The molecule has 0 bridgehead atoms. The van der Waals surface area contributed by atoms with Gasteiger partial charge in [-0.1, -0.05) is 73.5 Å². The molecule has 2 N–H and O–H groups in total. The lowest BCUT2D eigenvalue weighted by Crippen LogP contribution is -2.49. The fourth-order valence-electron chi connectivity index (χ4n) is 5.51. The molecule has 176 valence electrons. The second kappa shape index (κ2) is 12.2. The largest absolute Gasteiger partial charge is 0.363 e. The van der Waals surface area contributed by atoms with Gasteiger partial charge in [0.05, 0.1) is 6.04 Å². The van der Waals surface area contributed by atoms with Crippen LogP contribution in [-0.2, 0) is 4.79 Å². The lowest BCUT2D eigenvalue weighted by Gasteiger charge is -2.44. The molecule has 2 unspecified atom stereocenters. The van der Waals surface area contributed by atoms with Crippen LogP contribution in [0.15, 0.2) is 60.7 Å². The highest BCUT2D eigenvalue weighted by Crippen LogP contribution is 2.35. The van der Waals surface area contributed by atoms with Gasteiger partial charge in [-0.15, -0.1) is 0 Å². The Labute approximate surface area is 204 Å². The van der Waals surface area contributed by atoms with Crippen molar-refractivity contribution in [3.05, 3.63) is 71.8 Å². The van der Waals surface area contributed by atoms with E-state index in [4.69, 9.17) is 12.2 Å². The quantitative estimate of drug-likeness (QED) is 0.396. The molecule has 2 atom stereocenters. The lowest BCUT2D eigenvalue weighted by molar-refractivity contribution is -0.137. The molecule has 1 amide bonds. The molecule has 0 aromatic heterocycles. The predicted octanol–water partition coefficient (Wildman–Crippen LogP) is 5.59. The molecule has 1 saturated carbocycles. The third-order valence-corrected chi connectivity index (χ3v) is 7.47. The van der Waals surface area contributed by atoms with Crippen molar-refractivity contribution in [1.82, 2.24) is 15.5 Å². The van der Waals surface area contributed by atoms with Crippen LogP contribution in [0.3, 0.4) is 0 Å². The molecule has 5 heteroatoms. The van der Waals surface area contributed by atoms with Crippen LogP contribution in [0, 0.1) is 5.92 Å². The van der Waals surface area contributed by atoms with Crippen LogP contribution in [-0.4, -0.2) is 35.1 Å². The molecule has 1 aliphatic heterocycles. The number of benzene rings is 2. The maximum Gasteiger partial charge on any atom is 0.222 e. The van der Waals surface area contributed by atoms with Crippen LogP contribution in [0.2, 0.25) is 0 Å². The van der Waals surface area contributed by atoms with Gasteiger partial charge in [-0.05, 0) is 67.8 Å². The van der Waals surface area contributed by atoms with E-state index < -0.39 is 0 Å². The minimum atomic E-state index is 0.0107. The Morgan fingerprint density at radius 3 is 2.24 bits per heavy atom. The Bertz CT molecular complexity index is 847. The molecule has 2 aliphatic rings. The summed E-state index contributed by atoms with van der Waals surface area (Å²) in [4.78, 5) is 15.1. The van der Waals surface area contributed by atoms with E-state index in [-0.39, 0.29) is 6.04 Å². The Morgan fingerprint density at radius 1 is 0.909 bits per heavy atom. The molecule has 2 fully saturated rings. The number of likely N-dealkylation sites (tertiary alicyclic amines) is 1. The summed E-state index contributed by atoms with van der Waals surface area (Å²) in [6.45, 7) is 1.74. The minimum Gasteiger partial charge on any atom is -0.363 e. The van der Waals surface area contributed by atoms with E-state index >= 15 is 0 Å². The summed E-state index contributed by atoms with van der Waals surface area (Å²) in [5, 5.41) is 7.48. The first-order chi connectivity index (χ1) is 16.2. The third kappa shape index (κ3) is 6.57. The zero-order valence-corrected chi connectivity index (χ0v) is 20.4. The Hall–Kier alpha value is -2.40. The van der Waals surface area contributed by atoms with Gasteiger partial charge in [0.15, 0.2) is 5.11 Å². The van der Waals surface area contributed by atoms with Crippen molar-refractivity contribution in [2.24, 2.45) is 5.92 Å². The van der Waals surface area contributed by atoms with E-state index in [0.717, 1.165) is 31.8 Å². The number of amides is 1. The molecule has 0 spiro atoms. The van der Waals surface area contributed by atoms with Gasteiger partial charge in [-0.25, -0.2) is 0 Å². The minimum absolute atomic E-state index is 0.0107. The van der Waals surface area contributed by atoms with E-state index in [1.54, 1.807) is 0 Å². The van der Waals surface area contributed by atoms with Crippen molar-refractivity contribution in [2.45, 2.75) is 69.9 Å². The Morgan fingerprint density at radius 2 is 1.55 bits per heavy atom. The summed E-state index contributed by atoms with van der Waals surface area (Å²) in [7, 11) is 0. The monoisotopic (exact) mass is 463 g/mol. The number of nitrogens with zero attached hydrogens (tertiary/aromatic N) is 1. The third-order valence-electron chi connectivity index (χ3n) is 7.21. The molecule has 4 nitrogen and oxygen atoms in total. The second-order valence-corrected chi connectivity index (χ2v) is 9.86. The molecule has 1 saturated heterocycles. The van der Waals surface area contributed by atoms with E-state index in [9.17, 15) is 4.79 Å². The number of piperidine rings is 1. The number of fused-ring (bicyclic) bond motifs is 1. The fraction of sp³-hybridized carbons (Fsp3) is 0.500. The van der Waals surface area contributed by atoms with Crippen molar-refractivity contribution in [2.75, 3.05) is 13.1 Å². The highest BCUT2D eigenvalue weighted by molar-refractivity contribution is 7.80. The normalized spacial score (nSPS) is 20.2. The Balaban J connectivity index is 1.21. The van der Waals surface area contributed by atoms with Gasteiger partial charge >= 0.3 is 0 Å². The van der Waals surface area contributed by atoms with Crippen LogP contribution in [0.4, 0.5) is 0 Å². The number of thiocarbonyl (C=S) groups is 1. The molecule has 2 aromatic carbocycles. The maximum absolute atomic E-state index is 12.9. The first-order valence-electron chi connectivity index (χ1n) is 12.7. The van der Waals surface area contributed by atoms with Crippen LogP contribution in [0.5, 0.6) is 0 Å². The number of hydrogen-bond acceptors (Lipinski definition) is 2. The summed E-state index contributed by atoms with van der Waals surface area (Å²) in [6, 6.07) is 21.3. The SMILES string of the molecule is O=C(CCCCNC(=S)NC(c1ccccc1)c1ccccc1)N1CCCC2CCCCC21. The zero-order chi connectivity index (χ0) is 22.9. The van der Waals surface area contributed by atoms with Crippen molar-refractivity contribution >= 4 is 23.2 Å². The topological polar surface area (TPSA) is 44.4 Å². The number of rotatable bonds is 8. The highest BCUT2D eigenvalue weighted by Gasteiger charge is 2.35. The number of hydrogen-bond donors (Lipinski definition) is 2. The number of carbonyl (C=O) groups excluding carboxylic acids is 1. The average Bonchev–Trinajstić information content (AvgIpc) is 2.87. The second-order valence-electron chi connectivity index (χ2n) is 9.45. The van der Waals surface area contributed by atoms with Crippen LogP contribution in [0.1, 0.15) is 75.0 Å². The number of nitrogens with one attached hydrogen (secondary N) is 2. The van der Waals surface area contributed by atoms with Crippen molar-refractivity contribution < 1.29 is 4.79 Å². The van der Waals surface area contributed by atoms with E-state index in [1.165, 1.54) is 49.7 Å². The van der Waals surface area contributed by atoms with Crippen molar-refractivity contribution in [1.29, 1.82) is 0 Å². The summed E-state index contributed by atoms with van der Waals surface area (Å²) in [5.74, 6) is 1.12. The Kier molecular flexibility index (Phi) is 8.76. The average molecular weight is 464 g/mol. The van der Waals surface area contributed by atoms with Crippen LogP contribution < -0.4 is 10.6 Å². The van der Waals surface area contributed by atoms with Gasteiger partial charge in [0.2, 0.25) is 5.91 Å². The summed E-state index contributed by atoms with van der Waals surface area (Å²) in [6.07, 6.45) is 10.2. The summed E-state index contributed by atoms with van der Waals surface area (Å²) in [5.41, 5.74) is 2.36. The fourth-order valence-corrected chi connectivity index (χ4v) is 5.73. The number of carbonyl (C=O) groups is 1. The van der Waals surface area contributed by atoms with Crippen LogP contribution >= 0.6 is 12.2 Å². The van der Waals surface area contributed by atoms with Crippen molar-refractivity contribution in [3.8, 4) is 0 Å². The molecule has 4 rings (SSSR count). The maximum atomic E-state index is 12.9. The predicted molar refractivity (Wildman–Crippen MR) is 139 cm³/mol. The van der Waals surface area contributed by atoms with Crippen molar-refractivity contribution in [3.63, 3.8) is 0 Å². The van der Waals surface area contributed by atoms with Gasteiger partial charge in [0.25, 0.3) is 0 Å². The smallest absolute Gasteiger partial charge is 0.222 e. The molecule has 0 radical (unpaired) electrons. The van der Waals surface area contributed by atoms with Gasteiger partial charge in [-0.2, -0.15) is 0 Å². The van der Waals surface area contributed by atoms with Gasteiger partial charge in [0, 0.05) is 25.6 Å². The van der Waals surface area contributed by atoms with E-state index in [2.05, 4.69) is 64.1 Å². The zero-order valence-electron chi connectivity index (χ0n) is 19.5. The number of unbranched alkanes of at least 4 members (excludes halogenated alkanes) is 1. The standard InChI is InChI=1S/C28H37N3OS/c32-26(31-21-11-17-22-12-7-8-18-25(22)31)19-9-10-20-29-28(33)30-27(23-13-3-1-4-14-23)24-15-5-2-6-16-24/h1-6,13-16,22,25,27H,7-12,17-21H2,(H2,29,30,33). The molecule has 1 heterocycles. The first kappa shape index (κ1) is 23.7. The molecule has 33 heavy (non-hydrogen) atoms. The molecular weight excluding hydrogens is 426 g/mol. The van der Waals surface area contributed by atoms with Gasteiger partial charge in [-0.3, -0.25) is 4.79 Å². The van der Waals surface area contributed by atoms with Gasteiger partial charge in [0.1, 0.15) is 0 Å². The highest BCUT2D eigenvalue weighted by atomic mass is 32.1. The summed E-state index contributed by atoms with van der Waals surface area (Å²) < 4.78 is 0. The molecule has 1 aliphatic carbocycles. The molecular formula is C28H37N3OS. The van der Waals surface area contributed by atoms with Crippen LogP contribution in [0.25, 0.3) is 0 Å². The lowest BCUT2D eigenvalue weighted by atomic mass is 9.78.